The average Bonchev–Trinajstić information content (AvgIpc) is 3.01. The molecular formula is C13H17N5O2. The molecule has 1 heterocycles. The number of rotatable bonds is 6. The van der Waals surface area contributed by atoms with Gasteiger partial charge in [-0.15, -0.1) is 5.10 Å². The number of carbonyl (C=O) groups excluding carboxylic acids is 1. The van der Waals surface area contributed by atoms with E-state index in [0.29, 0.717) is 12.0 Å². The highest BCUT2D eigenvalue weighted by molar-refractivity contribution is 5.94. The second kappa shape index (κ2) is 6.76. The van der Waals surface area contributed by atoms with Crippen molar-refractivity contribution >= 4 is 5.91 Å². The molecule has 7 heteroatoms. The molecule has 2 N–H and O–H groups in total. The van der Waals surface area contributed by atoms with Crippen LogP contribution in [0.5, 0.6) is 0 Å². The molecule has 2 rings (SSSR count). The number of benzene rings is 1. The van der Waals surface area contributed by atoms with Gasteiger partial charge in [-0.3, -0.25) is 4.79 Å². The summed E-state index contributed by atoms with van der Waals surface area (Å²) in [7, 11) is 0. The molecule has 1 aromatic heterocycles. The van der Waals surface area contributed by atoms with Gasteiger partial charge in [-0.25, -0.2) is 4.68 Å². The van der Waals surface area contributed by atoms with Gasteiger partial charge in [-0.05, 0) is 41.5 Å². The summed E-state index contributed by atoms with van der Waals surface area (Å²) in [6, 6.07) is 7.02. The first-order chi connectivity index (χ1) is 9.74. The third-order valence-electron chi connectivity index (χ3n) is 3.03. The Morgan fingerprint density at radius 2 is 2.35 bits per heavy atom. The molecule has 0 spiro atoms. The number of aromatic nitrogens is 4. The van der Waals surface area contributed by atoms with Crippen molar-refractivity contribution in [2.24, 2.45) is 0 Å². The lowest BCUT2D eigenvalue weighted by atomic mass is 10.1. The maximum atomic E-state index is 12.2. The molecule has 0 aliphatic heterocycles. The minimum absolute atomic E-state index is 0.0239. The summed E-state index contributed by atoms with van der Waals surface area (Å²) in [5.74, 6) is -0.166. The Bertz CT molecular complexity index is 556. The number of tetrazole rings is 1. The van der Waals surface area contributed by atoms with Gasteiger partial charge in [-0.1, -0.05) is 13.0 Å². The molecule has 2 aromatic rings. The Hall–Kier alpha value is -2.28. The van der Waals surface area contributed by atoms with E-state index in [1.807, 2.05) is 13.0 Å². The Kier molecular flexibility index (Phi) is 4.78. The van der Waals surface area contributed by atoms with Crippen LogP contribution in [-0.2, 0) is 0 Å². The molecule has 0 radical (unpaired) electrons. The number of hydrogen-bond acceptors (Lipinski definition) is 5. The van der Waals surface area contributed by atoms with Gasteiger partial charge in [0.05, 0.1) is 5.69 Å². The van der Waals surface area contributed by atoms with Crippen LogP contribution in [0.15, 0.2) is 30.6 Å². The van der Waals surface area contributed by atoms with E-state index in [9.17, 15) is 4.79 Å². The normalized spacial score (nSPS) is 12.1. The molecule has 0 fully saturated rings. The summed E-state index contributed by atoms with van der Waals surface area (Å²) < 4.78 is 1.49. The molecule has 106 valence electrons. The van der Waals surface area contributed by atoms with Gasteiger partial charge >= 0.3 is 0 Å². The Morgan fingerprint density at radius 1 is 1.50 bits per heavy atom. The molecule has 0 saturated heterocycles. The van der Waals surface area contributed by atoms with Crippen molar-refractivity contribution in [3.05, 3.63) is 36.2 Å². The van der Waals surface area contributed by atoms with E-state index in [2.05, 4.69) is 20.8 Å². The Morgan fingerprint density at radius 3 is 3.00 bits per heavy atom. The summed E-state index contributed by atoms with van der Waals surface area (Å²) in [5, 5.41) is 22.8. The smallest absolute Gasteiger partial charge is 0.251 e. The van der Waals surface area contributed by atoms with Crippen molar-refractivity contribution in [1.29, 1.82) is 0 Å². The van der Waals surface area contributed by atoms with Crippen LogP contribution in [0.4, 0.5) is 0 Å². The Labute approximate surface area is 116 Å². The van der Waals surface area contributed by atoms with Crippen LogP contribution in [0.1, 0.15) is 30.1 Å². The maximum Gasteiger partial charge on any atom is 0.251 e. The van der Waals surface area contributed by atoms with Crippen molar-refractivity contribution in [2.75, 3.05) is 6.61 Å². The predicted molar refractivity (Wildman–Crippen MR) is 72.4 cm³/mol. The maximum absolute atomic E-state index is 12.2. The summed E-state index contributed by atoms with van der Waals surface area (Å²) in [6.45, 7) is 2.03. The van der Waals surface area contributed by atoms with E-state index in [0.717, 1.165) is 12.1 Å². The van der Waals surface area contributed by atoms with Crippen LogP contribution in [-0.4, -0.2) is 43.9 Å². The summed E-state index contributed by atoms with van der Waals surface area (Å²) >= 11 is 0. The van der Waals surface area contributed by atoms with Crippen molar-refractivity contribution in [3.63, 3.8) is 0 Å². The van der Waals surface area contributed by atoms with Crippen molar-refractivity contribution in [2.45, 2.75) is 25.8 Å². The van der Waals surface area contributed by atoms with Crippen molar-refractivity contribution < 1.29 is 9.90 Å². The zero-order chi connectivity index (χ0) is 14.4. The first-order valence-electron chi connectivity index (χ1n) is 6.49. The van der Waals surface area contributed by atoms with Gasteiger partial charge in [0.15, 0.2) is 0 Å². The number of aliphatic hydroxyl groups is 1. The highest BCUT2D eigenvalue weighted by Gasteiger charge is 2.12. The van der Waals surface area contributed by atoms with Crippen LogP contribution in [0, 0.1) is 0 Å². The van der Waals surface area contributed by atoms with Crippen LogP contribution < -0.4 is 5.32 Å². The predicted octanol–water partition coefficient (Wildman–Crippen LogP) is 0.553. The molecule has 0 aliphatic carbocycles. The summed E-state index contributed by atoms with van der Waals surface area (Å²) in [5.41, 5.74) is 1.26. The lowest BCUT2D eigenvalue weighted by molar-refractivity contribution is 0.0929. The number of aliphatic hydroxyl groups excluding tert-OH is 1. The fourth-order valence-electron chi connectivity index (χ4n) is 1.87. The molecule has 0 aliphatic rings. The lowest BCUT2D eigenvalue weighted by Gasteiger charge is -2.15. The number of nitrogens with one attached hydrogen (secondary N) is 1. The van der Waals surface area contributed by atoms with Crippen molar-refractivity contribution in [3.8, 4) is 5.69 Å². The zero-order valence-electron chi connectivity index (χ0n) is 11.2. The fourth-order valence-corrected chi connectivity index (χ4v) is 1.87. The van der Waals surface area contributed by atoms with Gasteiger partial charge in [0.1, 0.15) is 6.33 Å². The zero-order valence-corrected chi connectivity index (χ0v) is 11.2. The second-order valence-corrected chi connectivity index (χ2v) is 4.40. The van der Waals surface area contributed by atoms with Gasteiger partial charge in [0.2, 0.25) is 0 Å². The molecule has 20 heavy (non-hydrogen) atoms. The first-order valence-corrected chi connectivity index (χ1v) is 6.49. The van der Waals surface area contributed by atoms with Gasteiger partial charge in [0.25, 0.3) is 5.91 Å². The quantitative estimate of drug-likeness (QED) is 0.803. The lowest BCUT2D eigenvalue weighted by Crippen LogP contribution is -2.35. The largest absolute Gasteiger partial charge is 0.396 e. The Balaban J connectivity index is 2.12. The van der Waals surface area contributed by atoms with E-state index in [4.69, 9.17) is 5.11 Å². The van der Waals surface area contributed by atoms with Crippen LogP contribution in [0.3, 0.4) is 0 Å². The van der Waals surface area contributed by atoms with Crippen LogP contribution in [0.25, 0.3) is 5.69 Å². The molecule has 1 amide bonds. The monoisotopic (exact) mass is 275 g/mol. The minimum Gasteiger partial charge on any atom is -0.396 e. The minimum atomic E-state index is -0.166. The number of hydrogen-bond donors (Lipinski definition) is 2. The van der Waals surface area contributed by atoms with E-state index >= 15 is 0 Å². The van der Waals surface area contributed by atoms with E-state index < -0.39 is 0 Å². The van der Waals surface area contributed by atoms with Crippen LogP contribution >= 0.6 is 0 Å². The molecule has 1 atom stereocenters. The number of amides is 1. The number of carbonyl (C=O) groups is 1. The second-order valence-electron chi connectivity index (χ2n) is 4.40. The molecule has 1 aromatic carbocycles. The third kappa shape index (κ3) is 3.39. The number of nitrogens with zero attached hydrogens (tertiary/aromatic N) is 4. The molecule has 0 bridgehead atoms. The van der Waals surface area contributed by atoms with Gasteiger partial charge in [-0.2, -0.15) is 0 Å². The van der Waals surface area contributed by atoms with E-state index in [-0.39, 0.29) is 18.6 Å². The average molecular weight is 275 g/mol. The molecule has 0 saturated carbocycles. The molecule has 7 nitrogen and oxygen atoms in total. The van der Waals surface area contributed by atoms with E-state index in [1.54, 1.807) is 18.2 Å². The standard InChI is InChI=1S/C13H17N5O2/c1-2-11(6-7-19)15-13(20)10-4-3-5-12(8-10)18-9-14-16-17-18/h3-5,8-9,11,19H,2,6-7H2,1H3,(H,15,20). The van der Waals surface area contributed by atoms with Crippen molar-refractivity contribution in [1.82, 2.24) is 25.5 Å². The first kappa shape index (κ1) is 14.1. The topological polar surface area (TPSA) is 92.9 Å². The summed E-state index contributed by atoms with van der Waals surface area (Å²) in [4.78, 5) is 12.2. The van der Waals surface area contributed by atoms with E-state index in [1.165, 1.54) is 11.0 Å². The third-order valence-corrected chi connectivity index (χ3v) is 3.03. The SMILES string of the molecule is CCC(CCO)NC(=O)c1cccc(-n2cnnn2)c1. The molecular weight excluding hydrogens is 258 g/mol. The van der Waals surface area contributed by atoms with Gasteiger partial charge < -0.3 is 10.4 Å². The fraction of sp³-hybridized carbons (Fsp3) is 0.385. The summed E-state index contributed by atoms with van der Waals surface area (Å²) in [6.07, 6.45) is 2.80. The van der Waals surface area contributed by atoms with Gasteiger partial charge in [0, 0.05) is 18.2 Å². The highest BCUT2D eigenvalue weighted by atomic mass is 16.3. The molecule has 1 unspecified atom stereocenters. The van der Waals surface area contributed by atoms with Crippen LogP contribution in [0.2, 0.25) is 0 Å². The highest BCUT2D eigenvalue weighted by Crippen LogP contribution is 2.09.